The van der Waals surface area contributed by atoms with E-state index < -0.39 is 12.2 Å². The van der Waals surface area contributed by atoms with Crippen molar-refractivity contribution in [1.29, 1.82) is 0 Å². The summed E-state index contributed by atoms with van der Waals surface area (Å²) >= 11 is 2.15. The molecule has 0 aromatic heterocycles. The second kappa shape index (κ2) is 4.93. The summed E-state index contributed by atoms with van der Waals surface area (Å²) in [6.45, 7) is 1.85. The fourth-order valence-electron chi connectivity index (χ4n) is 1.15. The number of rotatable bonds is 3. The van der Waals surface area contributed by atoms with E-state index >= 15 is 0 Å². The van der Waals surface area contributed by atoms with Crippen LogP contribution < -0.4 is 0 Å². The molecule has 2 N–H and O–H groups in total. The van der Waals surface area contributed by atoms with E-state index in [1.165, 1.54) is 0 Å². The second-order valence-electron chi connectivity index (χ2n) is 2.94. The molecule has 0 heterocycles. The lowest BCUT2D eigenvalue weighted by Crippen LogP contribution is -2.17. The Labute approximate surface area is 91.7 Å². The first kappa shape index (κ1) is 10.9. The zero-order valence-electron chi connectivity index (χ0n) is 7.44. The SMILES string of the molecule is CCC(O)[C@@H](O)c1ccccc1I. The van der Waals surface area contributed by atoms with Crippen molar-refractivity contribution >= 4 is 22.6 Å². The summed E-state index contributed by atoms with van der Waals surface area (Å²) in [6, 6.07) is 7.53. The highest BCUT2D eigenvalue weighted by atomic mass is 127. The molecule has 0 bridgehead atoms. The number of halogens is 1. The molecular weight excluding hydrogens is 279 g/mol. The monoisotopic (exact) mass is 292 g/mol. The molecule has 0 amide bonds. The van der Waals surface area contributed by atoms with Gasteiger partial charge in [-0.1, -0.05) is 25.1 Å². The minimum Gasteiger partial charge on any atom is -0.390 e. The molecule has 0 aliphatic carbocycles. The van der Waals surface area contributed by atoms with Gasteiger partial charge in [0.1, 0.15) is 6.10 Å². The minimum atomic E-state index is -0.766. The van der Waals surface area contributed by atoms with Crippen molar-refractivity contribution in [3.05, 3.63) is 33.4 Å². The summed E-state index contributed by atoms with van der Waals surface area (Å²) in [5.41, 5.74) is 0.803. The molecular formula is C10H13IO2. The van der Waals surface area contributed by atoms with Gasteiger partial charge in [-0.3, -0.25) is 0 Å². The molecule has 0 radical (unpaired) electrons. The Morgan fingerprint density at radius 2 is 1.92 bits per heavy atom. The molecule has 0 aliphatic heterocycles. The number of hydrogen-bond donors (Lipinski definition) is 2. The number of hydrogen-bond acceptors (Lipinski definition) is 2. The number of aliphatic hydroxyl groups is 2. The third-order valence-electron chi connectivity index (χ3n) is 2.01. The first-order valence-electron chi connectivity index (χ1n) is 4.27. The summed E-state index contributed by atoms with van der Waals surface area (Å²) in [6.07, 6.45) is -0.874. The van der Waals surface area contributed by atoms with Crippen molar-refractivity contribution in [3.8, 4) is 0 Å². The van der Waals surface area contributed by atoms with Crippen LogP contribution in [0.1, 0.15) is 25.0 Å². The van der Waals surface area contributed by atoms with E-state index in [9.17, 15) is 10.2 Å². The van der Waals surface area contributed by atoms with Gasteiger partial charge in [0.25, 0.3) is 0 Å². The molecule has 0 saturated heterocycles. The van der Waals surface area contributed by atoms with E-state index in [0.717, 1.165) is 9.13 Å². The van der Waals surface area contributed by atoms with Gasteiger partial charge in [0, 0.05) is 3.57 Å². The van der Waals surface area contributed by atoms with Gasteiger partial charge in [-0.2, -0.15) is 0 Å². The maximum atomic E-state index is 9.72. The molecule has 0 saturated carbocycles. The third kappa shape index (κ3) is 2.65. The summed E-state index contributed by atoms with van der Waals surface area (Å²) in [5, 5.41) is 19.2. The Balaban J connectivity index is 2.88. The fourth-order valence-corrected chi connectivity index (χ4v) is 1.85. The Bertz CT molecular complexity index is 275. The van der Waals surface area contributed by atoms with Crippen molar-refractivity contribution in [2.75, 3.05) is 0 Å². The normalized spacial score (nSPS) is 15.4. The molecule has 1 aromatic rings. The van der Waals surface area contributed by atoms with Crippen molar-refractivity contribution < 1.29 is 10.2 Å². The van der Waals surface area contributed by atoms with Crippen LogP contribution in [0.25, 0.3) is 0 Å². The molecule has 0 aliphatic rings. The topological polar surface area (TPSA) is 40.5 Å². The van der Waals surface area contributed by atoms with Crippen molar-refractivity contribution in [3.63, 3.8) is 0 Å². The fraction of sp³-hybridized carbons (Fsp3) is 0.400. The summed E-state index contributed by atoms with van der Waals surface area (Å²) in [7, 11) is 0. The van der Waals surface area contributed by atoms with E-state index in [1.807, 2.05) is 31.2 Å². The van der Waals surface area contributed by atoms with Gasteiger partial charge >= 0.3 is 0 Å². The van der Waals surface area contributed by atoms with Crippen LogP contribution in [-0.4, -0.2) is 16.3 Å². The van der Waals surface area contributed by atoms with Gasteiger partial charge in [-0.15, -0.1) is 0 Å². The Hall–Kier alpha value is -0.130. The van der Waals surface area contributed by atoms with Gasteiger partial charge in [0.2, 0.25) is 0 Å². The largest absolute Gasteiger partial charge is 0.390 e. The van der Waals surface area contributed by atoms with Crippen molar-refractivity contribution in [2.45, 2.75) is 25.6 Å². The van der Waals surface area contributed by atoms with Gasteiger partial charge < -0.3 is 10.2 Å². The zero-order valence-corrected chi connectivity index (χ0v) is 9.60. The lowest BCUT2D eigenvalue weighted by molar-refractivity contribution is 0.0160. The number of benzene rings is 1. The molecule has 3 heteroatoms. The predicted molar refractivity (Wildman–Crippen MR) is 60.4 cm³/mol. The van der Waals surface area contributed by atoms with E-state index in [0.29, 0.717) is 6.42 Å². The molecule has 13 heavy (non-hydrogen) atoms. The first-order valence-corrected chi connectivity index (χ1v) is 5.35. The van der Waals surface area contributed by atoms with E-state index in [1.54, 1.807) is 0 Å². The quantitative estimate of drug-likeness (QED) is 0.838. The van der Waals surface area contributed by atoms with E-state index in [4.69, 9.17) is 0 Å². The standard InChI is InChI=1S/C10H13IO2/c1-2-9(12)10(13)7-5-3-4-6-8(7)11/h3-6,9-10,12-13H,2H2,1H3/t9?,10-/m0/s1. The third-order valence-corrected chi connectivity index (χ3v) is 2.99. The smallest absolute Gasteiger partial charge is 0.106 e. The molecule has 0 fully saturated rings. The molecule has 2 atom stereocenters. The number of aliphatic hydroxyl groups excluding tert-OH is 2. The van der Waals surface area contributed by atoms with Gasteiger partial charge in [-0.25, -0.2) is 0 Å². The molecule has 2 nitrogen and oxygen atoms in total. The summed E-state index contributed by atoms with van der Waals surface area (Å²) < 4.78 is 0.986. The Kier molecular flexibility index (Phi) is 4.15. The summed E-state index contributed by atoms with van der Waals surface area (Å²) in [5.74, 6) is 0. The van der Waals surface area contributed by atoms with Crippen LogP contribution in [0.3, 0.4) is 0 Å². The van der Waals surface area contributed by atoms with Crippen molar-refractivity contribution in [1.82, 2.24) is 0 Å². The van der Waals surface area contributed by atoms with Crippen LogP contribution in [0, 0.1) is 3.57 Å². The van der Waals surface area contributed by atoms with Crippen LogP contribution in [0.4, 0.5) is 0 Å². The van der Waals surface area contributed by atoms with Crippen LogP contribution in [0.2, 0.25) is 0 Å². The molecule has 1 unspecified atom stereocenters. The predicted octanol–water partition coefficient (Wildman–Crippen LogP) is 2.10. The second-order valence-corrected chi connectivity index (χ2v) is 4.10. The average Bonchev–Trinajstić information content (AvgIpc) is 2.16. The summed E-state index contributed by atoms with van der Waals surface area (Å²) in [4.78, 5) is 0. The highest BCUT2D eigenvalue weighted by Gasteiger charge is 2.17. The Morgan fingerprint density at radius 1 is 1.31 bits per heavy atom. The lowest BCUT2D eigenvalue weighted by atomic mass is 10.0. The van der Waals surface area contributed by atoms with E-state index in [-0.39, 0.29) is 0 Å². The van der Waals surface area contributed by atoms with Gasteiger partial charge in [0.15, 0.2) is 0 Å². The molecule has 1 rings (SSSR count). The maximum Gasteiger partial charge on any atom is 0.106 e. The molecule has 1 aromatic carbocycles. The molecule has 72 valence electrons. The minimum absolute atomic E-state index is 0.562. The highest BCUT2D eigenvalue weighted by molar-refractivity contribution is 14.1. The van der Waals surface area contributed by atoms with Crippen molar-refractivity contribution in [2.24, 2.45) is 0 Å². The average molecular weight is 292 g/mol. The first-order chi connectivity index (χ1) is 6.16. The van der Waals surface area contributed by atoms with Crippen LogP contribution >= 0.6 is 22.6 Å². The van der Waals surface area contributed by atoms with Crippen LogP contribution in [0.15, 0.2) is 24.3 Å². The zero-order chi connectivity index (χ0) is 9.84. The molecule has 0 spiro atoms. The van der Waals surface area contributed by atoms with Gasteiger partial charge in [0.05, 0.1) is 6.10 Å². The van der Waals surface area contributed by atoms with Crippen LogP contribution in [-0.2, 0) is 0 Å². The highest BCUT2D eigenvalue weighted by Crippen LogP contribution is 2.23. The lowest BCUT2D eigenvalue weighted by Gasteiger charge is -2.17. The van der Waals surface area contributed by atoms with Gasteiger partial charge in [-0.05, 0) is 40.6 Å². The van der Waals surface area contributed by atoms with E-state index in [2.05, 4.69) is 22.6 Å². The maximum absolute atomic E-state index is 9.72. The van der Waals surface area contributed by atoms with Crippen LogP contribution in [0.5, 0.6) is 0 Å². The Morgan fingerprint density at radius 3 is 2.46 bits per heavy atom.